The van der Waals surface area contributed by atoms with E-state index in [1.807, 2.05) is 32.9 Å². The Hall–Kier alpha value is -2.16. The minimum absolute atomic E-state index is 0.160. The summed E-state index contributed by atoms with van der Waals surface area (Å²) in [5.41, 5.74) is 5.13. The predicted octanol–water partition coefficient (Wildman–Crippen LogP) is 4.19. The maximum atomic E-state index is 11.1. The van der Waals surface area contributed by atoms with Crippen LogP contribution in [0.1, 0.15) is 16.7 Å². The maximum absolute atomic E-state index is 11.1. The lowest BCUT2D eigenvalue weighted by molar-refractivity contribution is -0.384. The zero-order chi connectivity index (χ0) is 13.3. The minimum atomic E-state index is -0.325. The molecule has 0 bridgehead atoms. The standard InChI is InChI=1S/C15H15NO2/c1-10-8-11(2)15(12(3)9-10)13-6-4-5-7-14(13)16(17)18/h4-9H,1-3H3. The zero-order valence-electron chi connectivity index (χ0n) is 10.7. The van der Waals surface area contributed by atoms with Gasteiger partial charge in [-0.15, -0.1) is 0 Å². The van der Waals surface area contributed by atoms with Gasteiger partial charge in [0.1, 0.15) is 0 Å². The van der Waals surface area contributed by atoms with Crippen molar-refractivity contribution in [2.24, 2.45) is 0 Å². The third-order valence-electron chi connectivity index (χ3n) is 3.05. The largest absolute Gasteiger partial charge is 0.277 e. The molecule has 0 aliphatic carbocycles. The molecule has 0 N–H and O–H groups in total. The average molecular weight is 241 g/mol. The molecule has 0 fully saturated rings. The fourth-order valence-corrected chi connectivity index (χ4v) is 2.45. The van der Waals surface area contributed by atoms with Crippen molar-refractivity contribution in [2.75, 3.05) is 0 Å². The highest BCUT2D eigenvalue weighted by molar-refractivity contribution is 5.78. The monoisotopic (exact) mass is 241 g/mol. The van der Waals surface area contributed by atoms with Crippen LogP contribution in [-0.4, -0.2) is 4.92 Å². The van der Waals surface area contributed by atoms with Crippen LogP contribution in [0.4, 0.5) is 5.69 Å². The Morgan fingerprint density at radius 1 is 1.00 bits per heavy atom. The molecule has 0 saturated heterocycles. The Bertz CT molecular complexity index is 595. The van der Waals surface area contributed by atoms with Crippen molar-refractivity contribution in [3.8, 4) is 11.1 Å². The van der Waals surface area contributed by atoms with Crippen LogP contribution in [0.25, 0.3) is 11.1 Å². The summed E-state index contributed by atoms with van der Waals surface area (Å²) in [6.45, 7) is 6.02. The highest BCUT2D eigenvalue weighted by Crippen LogP contribution is 2.34. The predicted molar refractivity (Wildman–Crippen MR) is 72.7 cm³/mol. The van der Waals surface area contributed by atoms with Crippen LogP contribution in [0.2, 0.25) is 0 Å². The second kappa shape index (κ2) is 4.61. The van der Waals surface area contributed by atoms with Crippen molar-refractivity contribution in [1.29, 1.82) is 0 Å². The number of hydrogen-bond donors (Lipinski definition) is 0. The van der Waals surface area contributed by atoms with Gasteiger partial charge in [0.2, 0.25) is 0 Å². The van der Waals surface area contributed by atoms with Crippen LogP contribution in [-0.2, 0) is 0 Å². The summed E-state index contributed by atoms with van der Waals surface area (Å²) >= 11 is 0. The SMILES string of the molecule is Cc1cc(C)c(-c2ccccc2[N+](=O)[O-])c(C)c1. The lowest BCUT2D eigenvalue weighted by Gasteiger charge is -2.11. The van der Waals surface area contributed by atoms with Gasteiger partial charge in [-0.2, -0.15) is 0 Å². The Labute approximate surface area is 106 Å². The molecule has 2 rings (SSSR count). The van der Waals surface area contributed by atoms with Crippen molar-refractivity contribution in [1.82, 2.24) is 0 Å². The number of para-hydroxylation sites is 1. The number of nitro groups is 1. The number of benzene rings is 2. The van der Waals surface area contributed by atoms with E-state index in [2.05, 4.69) is 12.1 Å². The first-order valence-corrected chi connectivity index (χ1v) is 5.82. The Morgan fingerprint density at radius 3 is 2.11 bits per heavy atom. The van der Waals surface area contributed by atoms with Crippen molar-refractivity contribution in [3.05, 3.63) is 63.2 Å². The molecule has 0 spiro atoms. The Morgan fingerprint density at radius 2 is 1.56 bits per heavy atom. The van der Waals surface area contributed by atoms with Crippen LogP contribution >= 0.6 is 0 Å². The van der Waals surface area contributed by atoms with Crippen LogP contribution in [0.5, 0.6) is 0 Å². The van der Waals surface area contributed by atoms with Gasteiger partial charge in [0, 0.05) is 6.07 Å². The molecule has 0 radical (unpaired) electrons. The molecule has 2 aromatic carbocycles. The van der Waals surface area contributed by atoms with Gasteiger partial charge in [-0.3, -0.25) is 10.1 Å². The van der Waals surface area contributed by atoms with Crippen LogP contribution < -0.4 is 0 Å². The number of rotatable bonds is 2. The van der Waals surface area contributed by atoms with Gasteiger partial charge in [0.15, 0.2) is 0 Å². The molecule has 2 aromatic rings. The van der Waals surface area contributed by atoms with Gasteiger partial charge in [-0.05, 0) is 43.5 Å². The van der Waals surface area contributed by atoms with E-state index in [4.69, 9.17) is 0 Å². The third-order valence-corrected chi connectivity index (χ3v) is 3.05. The highest BCUT2D eigenvalue weighted by Gasteiger charge is 2.17. The molecular formula is C15H15NO2. The third kappa shape index (κ3) is 2.12. The fraction of sp³-hybridized carbons (Fsp3) is 0.200. The maximum Gasteiger partial charge on any atom is 0.277 e. The van der Waals surface area contributed by atoms with Gasteiger partial charge in [-0.25, -0.2) is 0 Å². The molecule has 92 valence electrons. The highest BCUT2D eigenvalue weighted by atomic mass is 16.6. The van der Waals surface area contributed by atoms with Crippen molar-refractivity contribution in [3.63, 3.8) is 0 Å². The smallest absolute Gasteiger partial charge is 0.258 e. The van der Waals surface area contributed by atoms with Gasteiger partial charge < -0.3 is 0 Å². The Kier molecular flexibility index (Phi) is 3.15. The molecule has 3 nitrogen and oxygen atoms in total. The molecule has 0 amide bonds. The number of nitro benzene ring substituents is 1. The Balaban J connectivity index is 2.74. The normalized spacial score (nSPS) is 10.4. The molecule has 3 heteroatoms. The number of nitrogens with zero attached hydrogens (tertiary/aromatic N) is 1. The molecule has 0 atom stereocenters. The second-order valence-electron chi connectivity index (χ2n) is 4.55. The first-order chi connectivity index (χ1) is 8.50. The quantitative estimate of drug-likeness (QED) is 0.584. The number of hydrogen-bond acceptors (Lipinski definition) is 2. The molecule has 18 heavy (non-hydrogen) atoms. The summed E-state index contributed by atoms with van der Waals surface area (Å²) < 4.78 is 0. The summed E-state index contributed by atoms with van der Waals surface area (Å²) in [4.78, 5) is 10.8. The fourth-order valence-electron chi connectivity index (χ4n) is 2.45. The van der Waals surface area contributed by atoms with Gasteiger partial charge >= 0.3 is 0 Å². The van der Waals surface area contributed by atoms with Crippen LogP contribution in [0, 0.1) is 30.9 Å². The number of aryl methyl sites for hydroxylation is 3. The first-order valence-electron chi connectivity index (χ1n) is 5.82. The van der Waals surface area contributed by atoms with Crippen LogP contribution in [0.15, 0.2) is 36.4 Å². The summed E-state index contributed by atoms with van der Waals surface area (Å²) in [6.07, 6.45) is 0. The van der Waals surface area contributed by atoms with E-state index in [1.165, 1.54) is 5.56 Å². The van der Waals surface area contributed by atoms with Gasteiger partial charge in [0.05, 0.1) is 10.5 Å². The van der Waals surface area contributed by atoms with E-state index in [1.54, 1.807) is 12.1 Å². The zero-order valence-corrected chi connectivity index (χ0v) is 10.7. The molecular weight excluding hydrogens is 226 g/mol. The molecule has 0 unspecified atom stereocenters. The van der Waals surface area contributed by atoms with E-state index in [0.717, 1.165) is 16.7 Å². The van der Waals surface area contributed by atoms with Crippen LogP contribution in [0.3, 0.4) is 0 Å². The van der Waals surface area contributed by atoms with E-state index < -0.39 is 0 Å². The van der Waals surface area contributed by atoms with E-state index in [0.29, 0.717) is 5.56 Å². The summed E-state index contributed by atoms with van der Waals surface area (Å²) in [6, 6.07) is 11.0. The minimum Gasteiger partial charge on any atom is -0.258 e. The lowest BCUT2D eigenvalue weighted by Crippen LogP contribution is -1.95. The van der Waals surface area contributed by atoms with E-state index >= 15 is 0 Å². The summed E-state index contributed by atoms with van der Waals surface area (Å²) in [7, 11) is 0. The molecule has 0 heterocycles. The van der Waals surface area contributed by atoms with Gasteiger partial charge in [-0.1, -0.05) is 29.8 Å². The van der Waals surface area contributed by atoms with Gasteiger partial charge in [0.25, 0.3) is 5.69 Å². The van der Waals surface area contributed by atoms with E-state index in [9.17, 15) is 10.1 Å². The summed E-state index contributed by atoms with van der Waals surface area (Å²) in [5, 5.41) is 11.1. The first kappa shape index (κ1) is 12.3. The second-order valence-corrected chi connectivity index (χ2v) is 4.55. The van der Waals surface area contributed by atoms with Crippen molar-refractivity contribution >= 4 is 5.69 Å². The molecule has 0 saturated carbocycles. The van der Waals surface area contributed by atoms with Crippen molar-refractivity contribution in [2.45, 2.75) is 20.8 Å². The summed E-state index contributed by atoms with van der Waals surface area (Å²) in [5.74, 6) is 0. The average Bonchev–Trinajstić information content (AvgIpc) is 2.28. The lowest BCUT2D eigenvalue weighted by atomic mass is 9.93. The molecule has 0 aliphatic rings. The molecule has 0 aromatic heterocycles. The van der Waals surface area contributed by atoms with E-state index in [-0.39, 0.29) is 10.6 Å². The molecule has 0 aliphatic heterocycles. The van der Waals surface area contributed by atoms with Crippen molar-refractivity contribution < 1.29 is 4.92 Å². The topological polar surface area (TPSA) is 43.1 Å².